The molecule has 1 rings (SSSR count). The number of carbonyl (C=O) groups is 1. The number of aromatic amines is 1. The molecule has 1 aromatic heterocycles. The molecular formula is C10H10N4O2. The smallest absolute Gasteiger partial charge is 0.317 e. The molecule has 1 heterocycles. The van der Waals surface area contributed by atoms with Crippen LogP contribution in [0.2, 0.25) is 0 Å². The molecule has 0 unspecified atom stereocenters. The Morgan fingerprint density at radius 1 is 1.69 bits per heavy atom. The minimum atomic E-state index is -0.402. The van der Waals surface area contributed by atoms with Gasteiger partial charge in [0.15, 0.2) is 5.82 Å². The van der Waals surface area contributed by atoms with Gasteiger partial charge in [-0.3, -0.25) is 9.89 Å². The summed E-state index contributed by atoms with van der Waals surface area (Å²) in [5.41, 5.74) is 5.91. The van der Waals surface area contributed by atoms with Crippen LogP contribution < -0.4 is 5.73 Å². The van der Waals surface area contributed by atoms with E-state index in [1.807, 2.05) is 6.07 Å². The largest absolute Gasteiger partial charge is 0.465 e. The fourth-order valence-electron chi connectivity index (χ4n) is 0.976. The molecule has 0 aliphatic carbocycles. The van der Waals surface area contributed by atoms with Gasteiger partial charge in [0.2, 0.25) is 0 Å². The Kier molecular flexibility index (Phi) is 3.93. The summed E-state index contributed by atoms with van der Waals surface area (Å²) in [6.45, 7) is 2.04. The fraction of sp³-hybridized carbons (Fsp3) is 0.300. The van der Waals surface area contributed by atoms with E-state index in [0.717, 1.165) is 0 Å². The third-order valence-electron chi connectivity index (χ3n) is 1.66. The van der Waals surface area contributed by atoms with E-state index in [4.69, 9.17) is 11.0 Å². The summed E-state index contributed by atoms with van der Waals surface area (Å²) < 4.78 is 4.68. The number of ether oxygens (including phenoxy) is 1. The molecular weight excluding hydrogens is 208 g/mol. The first-order valence-corrected chi connectivity index (χ1v) is 4.57. The molecule has 6 nitrogen and oxygen atoms in total. The van der Waals surface area contributed by atoms with Crippen LogP contribution in [-0.2, 0) is 9.53 Å². The molecule has 0 amide bonds. The van der Waals surface area contributed by atoms with Crippen LogP contribution in [-0.4, -0.2) is 22.8 Å². The standard InChI is InChI=1S/C10H10N4O2/c1-2-16-9(15)5-3-4-8-7(6-11)10(12)14-13-8/h2,5H2,1H3,(H3,12,13,14). The van der Waals surface area contributed by atoms with Crippen LogP contribution in [0.3, 0.4) is 0 Å². The SMILES string of the molecule is CCOC(=O)CC#Cc1[nH]nc(N)c1C#N. The van der Waals surface area contributed by atoms with Crippen molar-refractivity contribution in [3.05, 3.63) is 11.3 Å². The second kappa shape index (κ2) is 5.42. The van der Waals surface area contributed by atoms with Gasteiger partial charge in [-0.15, -0.1) is 0 Å². The summed E-state index contributed by atoms with van der Waals surface area (Å²) in [5.74, 6) is 4.87. The van der Waals surface area contributed by atoms with Crippen molar-refractivity contribution in [3.63, 3.8) is 0 Å². The Morgan fingerprint density at radius 2 is 2.44 bits per heavy atom. The predicted molar refractivity (Wildman–Crippen MR) is 55.8 cm³/mol. The number of esters is 1. The highest BCUT2D eigenvalue weighted by molar-refractivity contribution is 5.72. The average Bonchev–Trinajstić information content (AvgIpc) is 2.60. The Labute approximate surface area is 92.4 Å². The van der Waals surface area contributed by atoms with Crippen molar-refractivity contribution < 1.29 is 9.53 Å². The summed E-state index contributed by atoms with van der Waals surface area (Å²) in [6, 6.07) is 1.87. The van der Waals surface area contributed by atoms with Crippen LogP contribution in [0.5, 0.6) is 0 Å². The van der Waals surface area contributed by atoms with Crippen molar-refractivity contribution in [2.75, 3.05) is 12.3 Å². The number of aromatic nitrogens is 2. The molecule has 82 valence electrons. The lowest BCUT2D eigenvalue weighted by molar-refractivity contribution is -0.141. The van der Waals surface area contributed by atoms with Crippen molar-refractivity contribution in [1.29, 1.82) is 5.26 Å². The number of nitrogen functional groups attached to an aromatic ring is 1. The number of nitrogens with zero attached hydrogens (tertiary/aromatic N) is 2. The molecule has 0 aliphatic rings. The van der Waals surface area contributed by atoms with Crippen LogP contribution in [0.1, 0.15) is 24.6 Å². The lowest BCUT2D eigenvalue weighted by Gasteiger charge is -1.94. The van der Waals surface area contributed by atoms with Crippen molar-refractivity contribution in [2.45, 2.75) is 13.3 Å². The Bertz CT molecular complexity index is 487. The van der Waals surface area contributed by atoms with E-state index in [-0.39, 0.29) is 17.8 Å². The number of nitrogens with two attached hydrogens (primary N) is 1. The fourth-order valence-corrected chi connectivity index (χ4v) is 0.976. The lowest BCUT2D eigenvalue weighted by atomic mass is 10.2. The molecule has 0 spiro atoms. The first-order valence-electron chi connectivity index (χ1n) is 4.57. The van der Waals surface area contributed by atoms with Crippen molar-refractivity contribution in [1.82, 2.24) is 10.2 Å². The van der Waals surface area contributed by atoms with Gasteiger partial charge in [-0.1, -0.05) is 5.92 Å². The molecule has 0 fully saturated rings. The zero-order valence-corrected chi connectivity index (χ0v) is 8.70. The molecule has 0 bridgehead atoms. The summed E-state index contributed by atoms with van der Waals surface area (Å²) in [5, 5.41) is 14.9. The predicted octanol–water partition coefficient (Wildman–Crippen LogP) is 0.168. The van der Waals surface area contributed by atoms with Crippen LogP contribution in [0.25, 0.3) is 0 Å². The van der Waals surface area contributed by atoms with Gasteiger partial charge in [0.05, 0.1) is 6.61 Å². The molecule has 0 radical (unpaired) electrons. The zero-order chi connectivity index (χ0) is 12.0. The quantitative estimate of drug-likeness (QED) is 0.543. The first-order chi connectivity index (χ1) is 7.69. The average molecular weight is 218 g/mol. The number of nitriles is 1. The van der Waals surface area contributed by atoms with Crippen LogP contribution >= 0.6 is 0 Å². The summed E-state index contributed by atoms with van der Waals surface area (Å²) in [4.78, 5) is 11.0. The number of rotatable bonds is 2. The minimum absolute atomic E-state index is 0.0301. The van der Waals surface area contributed by atoms with Crippen LogP contribution in [0.4, 0.5) is 5.82 Å². The summed E-state index contributed by atoms with van der Waals surface area (Å²) >= 11 is 0. The second-order valence-electron chi connectivity index (χ2n) is 2.75. The normalized spacial score (nSPS) is 8.75. The zero-order valence-electron chi connectivity index (χ0n) is 8.70. The molecule has 0 saturated carbocycles. The highest BCUT2D eigenvalue weighted by atomic mass is 16.5. The van der Waals surface area contributed by atoms with E-state index in [9.17, 15) is 4.79 Å². The lowest BCUT2D eigenvalue weighted by Crippen LogP contribution is -2.01. The molecule has 3 N–H and O–H groups in total. The minimum Gasteiger partial charge on any atom is -0.465 e. The molecule has 0 saturated heterocycles. The highest BCUT2D eigenvalue weighted by Gasteiger charge is 2.07. The Balaban J connectivity index is 2.71. The van der Waals surface area contributed by atoms with E-state index >= 15 is 0 Å². The molecule has 1 aromatic rings. The summed E-state index contributed by atoms with van der Waals surface area (Å²) in [7, 11) is 0. The molecule has 16 heavy (non-hydrogen) atoms. The van der Waals surface area contributed by atoms with Crippen LogP contribution in [0.15, 0.2) is 0 Å². The maximum Gasteiger partial charge on any atom is 0.317 e. The van der Waals surface area contributed by atoms with Crippen LogP contribution in [0, 0.1) is 23.2 Å². The Hall–Kier alpha value is -2.47. The maximum atomic E-state index is 11.0. The molecule has 0 atom stereocenters. The number of hydrogen-bond acceptors (Lipinski definition) is 5. The van der Waals surface area contributed by atoms with Gasteiger partial charge in [-0.2, -0.15) is 10.4 Å². The first kappa shape index (κ1) is 11.6. The number of hydrogen-bond donors (Lipinski definition) is 2. The van der Waals surface area contributed by atoms with Crippen molar-refractivity contribution in [2.24, 2.45) is 0 Å². The summed E-state index contributed by atoms with van der Waals surface area (Å²) in [6.07, 6.45) is -0.0301. The molecule has 0 aromatic carbocycles. The second-order valence-corrected chi connectivity index (χ2v) is 2.75. The molecule has 6 heteroatoms. The molecule has 0 aliphatic heterocycles. The van der Waals surface area contributed by atoms with Gasteiger partial charge in [0.1, 0.15) is 23.7 Å². The van der Waals surface area contributed by atoms with Gasteiger partial charge < -0.3 is 10.5 Å². The number of nitrogens with one attached hydrogen (secondary N) is 1. The Morgan fingerprint density at radius 3 is 3.06 bits per heavy atom. The van der Waals surface area contributed by atoms with E-state index < -0.39 is 5.97 Å². The van der Waals surface area contributed by atoms with Crippen molar-refractivity contribution >= 4 is 11.8 Å². The van der Waals surface area contributed by atoms with Gasteiger partial charge >= 0.3 is 5.97 Å². The third kappa shape index (κ3) is 2.76. The van der Waals surface area contributed by atoms with E-state index in [1.54, 1.807) is 6.92 Å². The van der Waals surface area contributed by atoms with E-state index in [0.29, 0.717) is 12.3 Å². The van der Waals surface area contributed by atoms with Gasteiger partial charge in [-0.25, -0.2) is 0 Å². The van der Waals surface area contributed by atoms with Gasteiger partial charge in [0.25, 0.3) is 0 Å². The third-order valence-corrected chi connectivity index (χ3v) is 1.66. The van der Waals surface area contributed by atoms with Gasteiger partial charge in [-0.05, 0) is 12.8 Å². The van der Waals surface area contributed by atoms with Crippen molar-refractivity contribution in [3.8, 4) is 17.9 Å². The van der Waals surface area contributed by atoms with Gasteiger partial charge in [0, 0.05) is 0 Å². The topological polar surface area (TPSA) is 105 Å². The maximum absolute atomic E-state index is 11.0. The number of anilines is 1. The van der Waals surface area contributed by atoms with E-state index in [2.05, 4.69) is 26.8 Å². The highest BCUT2D eigenvalue weighted by Crippen LogP contribution is 2.09. The number of carbonyl (C=O) groups excluding carboxylic acids is 1. The van der Waals surface area contributed by atoms with E-state index in [1.165, 1.54) is 0 Å². The number of H-pyrrole nitrogens is 1. The monoisotopic (exact) mass is 218 g/mol.